The van der Waals surface area contributed by atoms with Crippen molar-refractivity contribution >= 4 is 59.8 Å². The summed E-state index contributed by atoms with van der Waals surface area (Å²) in [4.78, 5) is 40.8. The van der Waals surface area contributed by atoms with E-state index < -0.39 is 68.5 Å². The first-order valence-corrected chi connectivity index (χ1v) is 11.2. The molecule has 1 aliphatic rings. The van der Waals surface area contributed by atoms with E-state index in [1.165, 1.54) is 7.05 Å². The second kappa shape index (κ2) is 6.36. The third-order valence-electron chi connectivity index (χ3n) is 7.78. The van der Waals surface area contributed by atoms with Crippen LogP contribution in [-0.4, -0.2) is 58.2 Å². The zero-order chi connectivity index (χ0) is 27.3. The van der Waals surface area contributed by atoms with E-state index in [0.29, 0.717) is 0 Å². The van der Waals surface area contributed by atoms with Gasteiger partial charge in [0.2, 0.25) is 22.6 Å². The SMILES string of the molecule is CN1C(=O)c2cc(O)c3c4c(O)c(=O)c5c(O)n(C)c(O)c6c(=O)c(O)c(c7c(O)cc(c2c37)C1O)c4c56. The van der Waals surface area contributed by atoms with Crippen LogP contribution in [-0.2, 0) is 7.05 Å². The van der Waals surface area contributed by atoms with Gasteiger partial charge in [0.25, 0.3) is 5.91 Å². The molecule has 0 saturated heterocycles. The molecular formula is C26H16N2O10. The van der Waals surface area contributed by atoms with Gasteiger partial charge in [-0.1, -0.05) is 0 Å². The molecule has 1 aromatic heterocycles. The number of hydrogen-bond donors (Lipinski definition) is 7. The minimum Gasteiger partial charge on any atom is -0.507 e. The number of aliphatic hydroxyl groups is 1. The zero-order valence-electron chi connectivity index (χ0n) is 19.5. The Balaban J connectivity index is 1.99. The molecule has 0 spiro atoms. The maximum absolute atomic E-state index is 13.4. The molecule has 0 fully saturated rings. The van der Waals surface area contributed by atoms with Gasteiger partial charge < -0.3 is 40.6 Å². The van der Waals surface area contributed by atoms with Crippen LogP contribution in [0.4, 0.5) is 0 Å². The van der Waals surface area contributed by atoms with E-state index in [1.54, 1.807) is 0 Å². The van der Waals surface area contributed by atoms with Crippen LogP contribution >= 0.6 is 0 Å². The number of phenolic OH excluding ortho intramolecular Hbond substituents is 4. The van der Waals surface area contributed by atoms with E-state index in [9.17, 15) is 50.1 Å². The van der Waals surface area contributed by atoms with Gasteiger partial charge in [-0.25, -0.2) is 0 Å². The lowest BCUT2D eigenvalue weighted by Gasteiger charge is -2.32. The summed E-state index contributed by atoms with van der Waals surface area (Å²) in [5.74, 6) is -5.28. The number of carbonyl (C=O) groups is 1. The molecule has 1 amide bonds. The van der Waals surface area contributed by atoms with E-state index in [0.717, 1.165) is 28.6 Å². The van der Waals surface area contributed by atoms with Crippen molar-refractivity contribution in [2.75, 3.05) is 7.05 Å². The van der Waals surface area contributed by atoms with Crippen molar-refractivity contribution in [3.63, 3.8) is 0 Å². The summed E-state index contributed by atoms with van der Waals surface area (Å²) >= 11 is 0. The number of pyridine rings is 1. The lowest BCUT2D eigenvalue weighted by Crippen LogP contribution is -2.34. The topological polar surface area (TPSA) is 201 Å². The number of carbonyl (C=O) groups excluding carboxylic acids is 1. The molecule has 7 rings (SSSR count). The molecule has 0 aliphatic carbocycles. The van der Waals surface area contributed by atoms with Gasteiger partial charge in [-0.3, -0.25) is 19.0 Å². The molecule has 1 atom stereocenters. The predicted octanol–water partition coefficient (Wildman–Crippen LogP) is 1.70. The monoisotopic (exact) mass is 516 g/mol. The fourth-order valence-electron chi connectivity index (χ4n) is 6.05. The number of phenols is 4. The van der Waals surface area contributed by atoms with E-state index in [2.05, 4.69) is 0 Å². The number of benzene rings is 5. The van der Waals surface area contributed by atoms with Crippen LogP contribution in [0.5, 0.6) is 34.8 Å². The summed E-state index contributed by atoms with van der Waals surface area (Å²) in [6.07, 6.45) is -1.51. The number of aromatic nitrogens is 1. The number of nitrogens with zero attached hydrogens (tertiary/aromatic N) is 2. The van der Waals surface area contributed by atoms with Gasteiger partial charge in [0.15, 0.2) is 17.7 Å². The Bertz CT molecular complexity index is 2160. The van der Waals surface area contributed by atoms with Crippen LogP contribution in [0.2, 0.25) is 0 Å². The molecule has 38 heavy (non-hydrogen) atoms. The largest absolute Gasteiger partial charge is 0.507 e. The molecule has 5 aromatic carbocycles. The first kappa shape index (κ1) is 22.0. The molecule has 12 nitrogen and oxygen atoms in total. The van der Waals surface area contributed by atoms with Gasteiger partial charge in [-0.15, -0.1) is 0 Å². The van der Waals surface area contributed by atoms with Crippen LogP contribution < -0.4 is 10.9 Å². The summed E-state index contributed by atoms with van der Waals surface area (Å²) in [6.45, 7) is 0. The summed E-state index contributed by atoms with van der Waals surface area (Å²) in [6, 6.07) is 2.25. The van der Waals surface area contributed by atoms with Crippen LogP contribution in [0, 0.1) is 0 Å². The molecule has 12 heteroatoms. The first-order valence-electron chi connectivity index (χ1n) is 11.2. The lowest BCUT2D eigenvalue weighted by molar-refractivity contribution is 0.0173. The highest BCUT2D eigenvalue weighted by atomic mass is 16.3. The van der Waals surface area contributed by atoms with Gasteiger partial charge >= 0.3 is 0 Å². The highest BCUT2D eigenvalue weighted by molar-refractivity contribution is 6.42. The quantitative estimate of drug-likeness (QED) is 0.115. The molecule has 7 N–H and O–H groups in total. The van der Waals surface area contributed by atoms with Gasteiger partial charge in [-0.2, -0.15) is 0 Å². The lowest BCUT2D eigenvalue weighted by atomic mass is 9.82. The van der Waals surface area contributed by atoms with E-state index in [1.807, 2.05) is 0 Å². The Labute approximate surface area is 208 Å². The fraction of sp³-hybridized carbons (Fsp3) is 0.115. The Kier molecular flexibility index (Phi) is 3.68. The van der Waals surface area contributed by atoms with Crippen LogP contribution in [0.1, 0.15) is 22.1 Å². The summed E-state index contributed by atoms with van der Waals surface area (Å²) in [5.41, 5.74) is -2.27. The zero-order valence-corrected chi connectivity index (χ0v) is 19.5. The number of amides is 1. The summed E-state index contributed by atoms with van der Waals surface area (Å²) < 4.78 is 0.738. The molecule has 1 unspecified atom stereocenters. The molecule has 0 radical (unpaired) electrons. The minimum absolute atomic E-state index is 0.0657. The van der Waals surface area contributed by atoms with Crippen molar-refractivity contribution in [2.45, 2.75) is 6.23 Å². The number of hydrogen-bond acceptors (Lipinski definition) is 10. The highest BCUT2D eigenvalue weighted by Gasteiger charge is 2.37. The second-order valence-corrected chi connectivity index (χ2v) is 9.53. The number of aromatic hydroxyl groups is 6. The highest BCUT2D eigenvalue weighted by Crippen LogP contribution is 2.55. The molecule has 190 valence electrons. The Morgan fingerprint density at radius 2 is 1.05 bits per heavy atom. The van der Waals surface area contributed by atoms with Crippen LogP contribution in [0.25, 0.3) is 53.9 Å². The van der Waals surface area contributed by atoms with Crippen LogP contribution in [0.15, 0.2) is 21.7 Å². The van der Waals surface area contributed by atoms with Crippen molar-refractivity contribution < 1.29 is 40.5 Å². The Morgan fingerprint density at radius 3 is 1.58 bits per heavy atom. The van der Waals surface area contributed by atoms with Crippen molar-refractivity contribution in [3.05, 3.63) is 43.7 Å². The number of rotatable bonds is 0. The van der Waals surface area contributed by atoms with Crippen molar-refractivity contribution in [1.29, 1.82) is 0 Å². The van der Waals surface area contributed by atoms with Gasteiger partial charge in [-0.05, 0) is 12.1 Å². The van der Waals surface area contributed by atoms with Crippen molar-refractivity contribution in [1.82, 2.24) is 9.47 Å². The second-order valence-electron chi connectivity index (χ2n) is 9.53. The maximum Gasteiger partial charge on any atom is 0.256 e. The van der Waals surface area contributed by atoms with Crippen molar-refractivity contribution in [3.8, 4) is 34.8 Å². The minimum atomic E-state index is -1.51. The van der Waals surface area contributed by atoms with Gasteiger partial charge in [0.1, 0.15) is 11.5 Å². The first-order chi connectivity index (χ1) is 17.9. The predicted molar refractivity (Wildman–Crippen MR) is 135 cm³/mol. The molecule has 1 aliphatic heterocycles. The van der Waals surface area contributed by atoms with E-state index in [4.69, 9.17) is 0 Å². The number of aliphatic hydroxyl groups excluding tert-OH is 1. The van der Waals surface area contributed by atoms with Crippen LogP contribution in [0.3, 0.4) is 0 Å². The Hall–Kier alpha value is -5.23. The average Bonchev–Trinajstić information content (AvgIpc) is 2.88. The standard InChI is InChI=1S/C26H16N2O10/c1-27-23(35)5-3-7(29)10-12-9(5)6(24(27)36)4-8(30)11(12)16-13-14-17(21(33)19(31)15(10)13)25(37)28(2)26(38)18(14)22(34)20(16)32/h3-4,23,29-32,35,37-38H,1-2H3. The Morgan fingerprint density at radius 1 is 0.605 bits per heavy atom. The smallest absolute Gasteiger partial charge is 0.256 e. The summed E-state index contributed by atoms with van der Waals surface area (Å²) in [5, 5.41) is 74.2. The third kappa shape index (κ3) is 2.07. The fourth-order valence-corrected chi connectivity index (χ4v) is 6.05. The van der Waals surface area contributed by atoms with Gasteiger partial charge in [0.05, 0.1) is 16.3 Å². The molecule has 0 bridgehead atoms. The van der Waals surface area contributed by atoms with Crippen molar-refractivity contribution in [2.24, 2.45) is 7.05 Å². The van der Waals surface area contributed by atoms with E-state index in [-0.39, 0.29) is 54.2 Å². The average molecular weight is 516 g/mol. The number of fused-ring (bicyclic) bond motifs is 2. The maximum atomic E-state index is 13.4. The third-order valence-corrected chi connectivity index (χ3v) is 7.78. The summed E-state index contributed by atoms with van der Waals surface area (Å²) in [7, 11) is 2.48. The van der Waals surface area contributed by atoms with Gasteiger partial charge in [0, 0.05) is 62.7 Å². The molecule has 0 saturated carbocycles. The normalized spacial score (nSPS) is 15.8. The molecular weight excluding hydrogens is 500 g/mol. The van der Waals surface area contributed by atoms with E-state index >= 15 is 0 Å². The molecule has 6 aromatic rings. The molecule has 2 heterocycles.